The van der Waals surface area contributed by atoms with E-state index < -0.39 is 66.1 Å². The Morgan fingerprint density at radius 2 is 1.45 bits per heavy atom. The molecule has 0 aliphatic rings. The number of nitrogens with two attached hydrogens (primary N) is 4. The number of nitrogens with zero attached hydrogens (tertiary/aromatic N) is 1. The minimum Gasteiger partial charge on any atom is -0.480 e. The molecule has 5 unspecified atom stereocenters. The van der Waals surface area contributed by atoms with Crippen molar-refractivity contribution in [3.63, 3.8) is 0 Å². The highest BCUT2D eigenvalue weighted by Crippen LogP contribution is 2.09. The fraction of sp³-hybridized carbons (Fsp3) is 0.684. The molecule has 0 aromatic heterocycles. The first-order valence-electron chi connectivity index (χ1n) is 10.5. The van der Waals surface area contributed by atoms with Gasteiger partial charge in [-0.3, -0.25) is 24.2 Å². The van der Waals surface area contributed by atoms with Crippen LogP contribution < -0.4 is 38.9 Å². The fourth-order valence-corrected chi connectivity index (χ4v) is 2.70. The zero-order valence-corrected chi connectivity index (χ0v) is 19.2. The molecule has 33 heavy (non-hydrogen) atoms. The predicted molar refractivity (Wildman–Crippen MR) is 120 cm³/mol. The van der Waals surface area contributed by atoms with Gasteiger partial charge < -0.3 is 44.0 Å². The number of carboxylic acid groups (broad SMARTS) is 1. The summed E-state index contributed by atoms with van der Waals surface area (Å²) in [7, 11) is 0. The van der Waals surface area contributed by atoms with Gasteiger partial charge in [0.15, 0.2) is 5.96 Å². The lowest BCUT2D eigenvalue weighted by Crippen LogP contribution is -2.58. The van der Waals surface area contributed by atoms with Gasteiger partial charge in [-0.1, -0.05) is 20.3 Å². The number of hydrogen-bond donors (Lipinski definition) is 8. The molecular formula is C19H36N8O6. The van der Waals surface area contributed by atoms with Crippen molar-refractivity contribution < 1.29 is 29.1 Å². The number of carbonyl (C=O) groups excluding carboxylic acids is 4. The summed E-state index contributed by atoms with van der Waals surface area (Å²) >= 11 is 0. The van der Waals surface area contributed by atoms with Crippen molar-refractivity contribution in [1.82, 2.24) is 16.0 Å². The highest BCUT2D eigenvalue weighted by atomic mass is 16.4. The van der Waals surface area contributed by atoms with E-state index in [0.29, 0.717) is 12.8 Å². The maximum absolute atomic E-state index is 12.8. The van der Waals surface area contributed by atoms with Gasteiger partial charge in [-0.25, -0.2) is 4.79 Å². The van der Waals surface area contributed by atoms with Gasteiger partial charge in [-0.2, -0.15) is 0 Å². The van der Waals surface area contributed by atoms with Crippen molar-refractivity contribution in [2.75, 3.05) is 6.54 Å². The molecule has 0 heterocycles. The molecule has 0 spiro atoms. The Hall–Kier alpha value is -3.42. The molecule has 188 valence electrons. The Kier molecular flexibility index (Phi) is 13.1. The zero-order chi connectivity index (χ0) is 25.7. The maximum atomic E-state index is 12.8. The average Bonchev–Trinajstić information content (AvgIpc) is 2.71. The smallest absolute Gasteiger partial charge is 0.326 e. The van der Waals surface area contributed by atoms with Crippen LogP contribution in [0.2, 0.25) is 0 Å². The Bertz CT molecular complexity index is 738. The van der Waals surface area contributed by atoms with Crippen LogP contribution in [0.3, 0.4) is 0 Å². The van der Waals surface area contributed by atoms with Gasteiger partial charge in [0.1, 0.15) is 18.1 Å². The molecule has 0 aliphatic heterocycles. The highest BCUT2D eigenvalue weighted by molar-refractivity contribution is 5.96. The van der Waals surface area contributed by atoms with Gasteiger partial charge in [0.2, 0.25) is 23.6 Å². The maximum Gasteiger partial charge on any atom is 0.326 e. The molecule has 12 N–H and O–H groups in total. The number of hydrogen-bond acceptors (Lipinski definition) is 7. The van der Waals surface area contributed by atoms with Crippen molar-refractivity contribution in [3.8, 4) is 0 Å². The molecule has 0 aliphatic carbocycles. The van der Waals surface area contributed by atoms with Crippen LogP contribution in [-0.2, 0) is 24.0 Å². The number of aliphatic imine (C=N–C) groups is 1. The van der Waals surface area contributed by atoms with Crippen molar-refractivity contribution in [3.05, 3.63) is 0 Å². The second kappa shape index (κ2) is 14.6. The molecule has 0 radical (unpaired) electrons. The third-order valence-corrected chi connectivity index (χ3v) is 4.81. The molecule has 0 aromatic carbocycles. The summed E-state index contributed by atoms with van der Waals surface area (Å²) in [6, 6.07) is -4.71. The quantitative estimate of drug-likeness (QED) is 0.0678. The molecule has 0 fully saturated rings. The monoisotopic (exact) mass is 472 g/mol. The molecule has 5 atom stereocenters. The van der Waals surface area contributed by atoms with Gasteiger partial charge in [0.25, 0.3) is 0 Å². The summed E-state index contributed by atoms with van der Waals surface area (Å²) in [5.74, 6) is -5.00. The molecule has 0 bridgehead atoms. The molecule has 4 amide bonds. The standard InChI is InChI=1S/C19H36N8O6/c1-4-9(2)14(18(32)33)27-17(31)12(8-13(21)28)26-16(30)11(25-15(29)10(3)20)6-5-7-24-19(22)23/h9-12,14H,4-8,20H2,1-3H3,(H2,21,28)(H,25,29)(H,26,30)(H,27,31)(H,32,33)(H4,22,23,24). The third kappa shape index (κ3) is 11.7. The van der Waals surface area contributed by atoms with Crippen molar-refractivity contribution in [2.24, 2.45) is 33.8 Å². The van der Waals surface area contributed by atoms with E-state index in [9.17, 15) is 29.1 Å². The summed E-state index contributed by atoms with van der Waals surface area (Å²) in [5, 5.41) is 16.5. The Labute approximate surface area is 192 Å². The van der Waals surface area contributed by atoms with E-state index in [1.165, 1.54) is 6.92 Å². The van der Waals surface area contributed by atoms with Crippen molar-refractivity contribution in [2.45, 2.75) is 70.6 Å². The van der Waals surface area contributed by atoms with Gasteiger partial charge in [-0.05, 0) is 25.7 Å². The molecule has 0 aromatic rings. The van der Waals surface area contributed by atoms with Crippen LogP contribution in [0, 0.1) is 5.92 Å². The summed E-state index contributed by atoms with van der Waals surface area (Å²) < 4.78 is 0. The Morgan fingerprint density at radius 3 is 1.91 bits per heavy atom. The largest absolute Gasteiger partial charge is 0.480 e. The lowest BCUT2D eigenvalue weighted by Gasteiger charge is -2.26. The van der Waals surface area contributed by atoms with E-state index in [-0.39, 0.29) is 18.9 Å². The van der Waals surface area contributed by atoms with Crippen LogP contribution in [0.15, 0.2) is 4.99 Å². The normalized spacial score (nSPS) is 15.2. The van der Waals surface area contributed by atoms with Crippen LogP contribution in [0.5, 0.6) is 0 Å². The second-order valence-electron chi connectivity index (χ2n) is 7.74. The van der Waals surface area contributed by atoms with Crippen LogP contribution in [0.25, 0.3) is 0 Å². The molecule has 0 saturated heterocycles. The van der Waals surface area contributed by atoms with Crippen LogP contribution in [0.1, 0.15) is 46.5 Å². The first-order valence-corrected chi connectivity index (χ1v) is 10.5. The number of guanidine groups is 1. The fourth-order valence-electron chi connectivity index (χ4n) is 2.70. The summed E-state index contributed by atoms with van der Waals surface area (Å²) in [6.45, 7) is 4.99. The molecule has 14 nitrogen and oxygen atoms in total. The number of rotatable bonds is 15. The van der Waals surface area contributed by atoms with Crippen LogP contribution in [-0.4, -0.2) is 71.4 Å². The van der Waals surface area contributed by atoms with E-state index >= 15 is 0 Å². The number of nitrogens with one attached hydrogen (secondary N) is 3. The first-order chi connectivity index (χ1) is 15.3. The number of aliphatic carboxylic acids is 1. The van der Waals surface area contributed by atoms with Crippen LogP contribution >= 0.6 is 0 Å². The minimum atomic E-state index is -1.45. The van der Waals surface area contributed by atoms with E-state index in [2.05, 4.69) is 20.9 Å². The van der Waals surface area contributed by atoms with Gasteiger partial charge in [0, 0.05) is 6.54 Å². The topological polar surface area (TPSA) is 258 Å². The summed E-state index contributed by atoms with van der Waals surface area (Å²) in [5.41, 5.74) is 21.3. The average molecular weight is 473 g/mol. The second-order valence-corrected chi connectivity index (χ2v) is 7.74. The lowest BCUT2D eigenvalue weighted by molar-refractivity contribution is -0.144. The summed E-state index contributed by atoms with van der Waals surface area (Å²) in [6.07, 6.45) is 0.283. The number of primary amides is 1. The van der Waals surface area contributed by atoms with Crippen molar-refractivity contribution in [1.29, 1.82) is 0 Å². The predicted octanol–water partition coefficient (Wildman–Crippen LogP) is -3.15. The van der Waals surface area contributed by atoms with E-state index in [4.69, 9.17) is 22.9 Å². The molecule has 0 rings (SSSR count). The molecule has 0 saturated carbocycles. The SMILES string of the molecule is CCC(C)C(NC(=O)C(CC(N)=O)NC(=O)C(CCCN=C(N)N)NC(=O)C(C)N)C(=O)O. The molecule has 14 heteroatoms. The third-order valence-electron chi connectivity index (χ3n) is 4.81. The van der Waals surface area contributed by atoms with E-state index in [1.54, 1.807) is 13.8 Å². The minimum absolute atomic E-state index is 0.0939. The van der Waals surface area contributed by atoms with Gasteiger partial charge in [0.05, 0.1) is 12.5 Å². The highest BCUT2D eigenvalue weighted by Gasteiger charge is 2.32. The number of amides is 4. The van der Waals surface area contributed by atoms with E-state index in [1.807, 2.05) is 0 Å². The number of carbonyl (C=O) groups is 5. The summed E-state index contributed by atoms with van der Waals surface area (Å²) in [4.78, 5) is 64.3. The Balaban J connectivity index is 5.54. The first kappa shape index (κ1) is 29.6. The lowest BCUT2D eigenvalue weighted by atomic mass is 9.98. The van der Waals surface area contributed by atoms with Crippen molar-refractivity contribution >= 4 is 35.6 Å². The molecular weight excluding hydrogens is 436 g/mol. The number of carboxylic acids is 1. The van der Waals surface area contributed by atoms with Gasteiger partial charge in [-0.15, -0.1) is 0 Å². The van der Waals surface area contributed by atoms with Gasteiger partial charge >= 0.3 is 5.97 Å². The van der Waals surface area contributed by atoms with E-state index in [0.717, 1.165) is 0 Å². The Morgan fingerprint density at radius 1 is 0.909 bits per heavy atom. The zero-order valence-electron chi connectivity index (χ0n) is 19.2. The van der Waals surface area contributed by atoms with Crippen LogP contribution in [0.4, 0.5) is 0 Å².